The van der Waals surface area contributed by atoms with Crippen molar-refractivity contribution in [1.29, 1.82) is 0 Å². The topological polar surface area (TPSA) is 18.5 Å². The number of halogens is 13. The molecule has 1 aliphatic heterocycles. The average molecular weight is 542 g/mol. The molecule has 198 valence electrons. The number of rotatable bonds is 13. The van der Waals surface area contributed by atoms with E-state index in [0.717, 1.165) is 19.3 Å². The maximum Gasteiger partial charge on any atom is 0.486 e. The van der Waals surface area contributed by atoms with Crippen LogP contribution < -0.4 is 0 Å². The molecule has 17 heteroatoms. The molecule has 0 aromatic carbocycles. The summed E-state index contributed by atoms with van der Waals surface area (Å²) in [5.74, 6) is -34.9. The van der Waals surface area contributed by atoms with Crippen LogP contribution in [0.2, 0.25) is 12.1 Å². The zero-order valence-electron chi connectivity index (χ0n) is 17.5. The average Bonchev–Trinajstić information content (AvgIpc) is 3.15. The highest BCUT2D eigenvalue weighted by atomic mass is 28.2. The number of allylic oxidation sites excluding steroid dienone is 1. The molecule has 0 N–H and O–H groups in total. The van der Waals surface area contributed by atoms with Gasteiger partial charge in [0.2, 0.25) is 0 Å². The number of hydrogen-bond acceptors (Lipinski definition) is 2. The van der Waals surface area contributed by atoms with Crippen molar-refractivity contribution in [3.8, 4) is 0 Å². The van der Waals surface area contributed by atoms with Gasteiger partial charge in [-0.15, -0.1) is 0 Å². The van der Waals surface area contributed by atoms with Gasteiger partial charge in [-0.25, -0.2) is 0 Å². The maximum absolute atomic E-state index is 13.7. The Morgan fingerprint density at radius 2 is 1.41 bits per heavy atom. The lowest BCUT2D eigenvalue weighted by Gasteiger charge is -2.39. The Kier molecular flexibility index (Phi) is 10.0. The summed E-state index contributed by atoms with van der Waals surface area (Å²) in [5, 5.41) is 0. The lowest BCUT2D eigenvalue weighted by atomic mass is 9.90. The minimum absolute atomic E-state index is 0.000838. The molecule has 1 heterocycles. The van der Waals surface area contributed by atoms with E-state index in [-0.39, 0.29) is 12.7 Å². The van der Waals surface area contributed by atoms with Gasteiger partial charge < -0.3 is 9.31 Å². The van der Waals surface area contributed by atoms with Crippen LogP contribution in [0, 0.1) is 0 Å². The molecule has 2 radical (unpaired) electrons. The first-order valence-corrected chi connectivity index (χ1v) is 11.3. The van der Waals surface area contributed by atoms with Crippen LogP contribution in [-0.2, 0) is 9.31 Å². The predicted octanol–water partition coefficient (Wildman–Crippen LogP) is 6.85. The van der Waals surface area contributed by atoms with Crippen molar-refractivity contribution in [3.05, 3.63) is 12.1 Å². The zero-order chi connectivity index (χ0) is 26.6. The largest absolute Gasteiger partial charge is 0.486 e. The van der Waals surface area contributed by atoms with E-state index in [2.05, 4.69) is 0 Å². The summed E-state index contributed by atoms with van der Waals surface area (Å²) in [6.07, 6.45) is -5.86. The van der Waals surface area contributed by atoms with Gasteiger partial charge in [-0.1, -0.05) is 37.9 Å². The van der Waals surface area contributed by atoms with Crippen LogP contribution in [-0.4, -0.2) is 65.1 Å². The van der Waals surface area contributed by atoms with Crippen LogP contribution in [0.25, 0.3) is 0 Å². The van der Waals surface area contributed by atoms with Crippen LogP contribution in [0.3, 0.4) is 0 Å². The summed E-state index contributed by atoms with van der Waals surface area (Å²) in [6.45, 7) is 1.97. The highest BCUT2D eigenvalue weighted by Crippen LogP contribution is 2.60. The van der Waals surface area contributed by atoms with E-state index in [9.17, 15) is 57.1 Å². The molecular formula is C17H20BF13O2Si. The van der Waals surface area contributed by atoms with Crippen molar-refractivity contribution >= 4 is 16.6 Å². The summed E-state index contributed by atoms with van der Waals surface area (Å²) >= 11 is 0. The first-order valence-electron chi connectivity index (χ1n) is 9.86. The van der Waals surface area contributed by atoms with E-state index in [1.165, 1.54) is 0 Å². The van der Waals surface area contributed by atoms with Crippen LogP contribution in [0.5, 0.6) is 0 Å². The standard InChI is InChI=1S/C17H20BF13O2Si/c1-2-3-4-5-7-18-32-9-11(33-18)10-34-8-6-12(19,20)13(21,22)14(23,24)15(25,26)16(27,28)17(29,30)31/h5,7,11H,2-4,6,8-10H2,1H3/b7-5+. The van der Waals surface area contributed by atoms with E-state index in [0.29, 0.717) is 0 Å². The van der Waals surface area contributed by atoms with Crippen molar-refractivity contribution < 1.29 is 66.4 Å². The summed E-state index contributed by atoms with van der Waals surface area (Å²) < 4.78 is 180. The lowest BCUT2D eigenvalue weighted by molar-refractivity contribution is -0.439. The molecule has 1 fully saturated rings. The van der Waals surface area contributed by atoms with E-state index < -0.39 is 71.0 Å². The van der Waals surface area contributed by atoms with Crippen LogP contribution in [0.1, 0.15) is 32.6 Å². The molecule has 0 bridgehead atoms. The van der Waals surface area contributed by atoms with Gasteiger partial charge in [0.25, 0.3) is 0 Å². The Balaban J connectivity index is 2.73. The Morgan fingerprint density at radius 1 is 0.853 bits per heavy atom. The van der Waals surface area contributed by atoms with Crippen molar-refractivity contribution in [2.75, 3.05) is 6.61 Å². The molecule has 1 aliphatic rings. The van der Waals surface area contributed by atoms with Gasteiger partial charge >= 0.3 is 42.9 Å². The monoisotopic (exact) mass is 542 g/mol. The van der Waals surface area contributed by atoms with Gasteiger partial charge in [-0.2, -0.15) is 57.1 Å². The Hall–Kier alpha value is -0.968. The molecule has 0 aromatic heterocycles. The second-order valence-corrected chi connectivity index (χ2v) is 8.89. The zero-order valence-corrected chi connectivity index (χ0v) is 18.5. The SMILES string of the molecule is CCCC/C=C/B1OCC(C[Si]CCC(F)(F)C(F)(F)C(F)(F)C(F)(F)C(F)(F)C(F)(F)F)O1. The number of hydrogen-bond donors (Lipinski definition) is 0. The lowest BCUT2D eigenvalue weighted by Crippen LogP contribution is -2.70. The van der Waals surface area contributed by atoms with Gasteiger partial charge in [-0.05, 0) is 12.5 Å². The highest BCUT2D eigenvalue weighted by Gasteiger charge is 2.90. The van der Waals surface area contributed by atoms with Gasteiger partial charge in [-0.3, -0.25) is 0 Å². The van der Waals surface area contributed by atoms with E-state index >= 15 is 0 Å². The fourth-order valence-electron chi connectivity index (χ4n) is 2.68. The summed E-state index contributed by atoms with van der Waals surface area (Å²) in [4.78, 5) is 0. The molecule has 0 saturated carbocycles. The minimum Gasteiger partial charge on any atom is -0.405 e. The second-order valence-electron chi connectivity index (χ2n) is 7.48. The number of alkyl halides is 13. The van der Waals surface area contributed by atoms with Crippen molar-refractivity contribution in [3.63, 3.8) is 0 Å². The molecule has 0 amide bonds. The molecule has 0 aromatic rings. The molecule has 1 saturated heterocycles. The van der Waals surface area contributed by atoms with E-state index in [1.54, 1.807) is 12.1 Å². The highest BCUT2D eigenvalue weighted by molar-refractivity contribution is 6.51. The maximum atomic E-state index is 13.7. The van der Waals surface area contributed by atoms with Crippen LogP contribution >= 0.6 is 0 Å². The normalized spacial score (nSPS) is 19.5. The molecule has 34 heavy (non-hydrogen) atoms. The molecule has 0 aliphatic carbocycles. The van der Waals surface area contributed by atoms with Crippen LogP contribution in [0.4, 0.5) is 57.1 Å². The van der Waals surface area contributed by atoms with Gasteiger partial charge in [0.05, 0.1) is 12.7 Å². The van der Waals surface area contributed by atoms with Crippen molar-refractivity contribution in [2.45, 2.75) is 86.6 Å². The quantitative estimate of drug-likeness (QED) is 0.144. The summed E-state index contributed by atoms with van der Waals surface area (Å²) in [6, 6.07) is -1.00. The summed E-state index contributed by atoms with van der Waals surface area (Å²) in [5.41, 5.74) is 0. The fourth-order valence-corrected chi connectivity index (χ4v) is 3.91. The van der Waals surface area contributed by atoms with E-state index in [4.69, 9.17) is 9.31 Å². The smallest absolute Gasteiger partial charge is 0.405 e. The third kappa shape index (κ3) is 6.23. The first-order chi connectivity index (χ1) is 15.3. The molecule has 1 atom stereocenters. The molecule has 2 nitrogen and oxygen atoms in total. The third-order valence-electron chi connectivity index (χ3n) is 4.78. The molecule has 1 unspecified atom stereocenters. The molecular weight excluding hydrogens is 522 g/mol. The van der Waals surface area contributed by atoms with Gasteiger partial charge in [0.1, 0.15) is 0 Å². The van der Waals surface area contributed by atoms with Crippen LogP contribution in [0.15, 0.2) is 12.1 Å². The second kappa shape index (κ2) is 11.0. The third-order valence-corrected chi connectivity index (χ3v) is 6.12. The fraction of sp³-hybridized carbons (Fsp3) is 0.882. The van der Waals surface area contributed by atoms with Crippen molar-refractivity contribution in [1.82, 2.24) is 0 Å². The molecule has 1 rings (SSSR count). The number of unbranched alkanes of at least 4 members (excludes halogenated alkanes) is 2. The van der Waals surface area contributed by atoms with E-state index in [1.807, 2.05) is 6.92 Å². The Labute approximate surface area is 189 Å². The minimum atomic E-state index is -7.86. The summed E-state index contributed by atoms with van der Waals surface area (Å²) in [7, 11) is -1.38. The van der Waals surface area contributed by atoms with Crippen molar-refractivity contribution in [2.24, 2.45) is 0 Å². The first kappa shape index (κ1) is 31.1. The van der Waals surface area contributed by atoms with Gasteiger partial charge in [0, 0.05) is 15.9 Å². The Morgan fingerprint density at radius 3 is 1.94 bits per heavy atom. The van der Waals surface area contributed by atoms with Gasteiger partial charge in [0.15, 0.2) is 0 Å². The Bertz CT molecular complexity index is 685. The molecule has 0 spiro atoms. The predicted molar refractivity (Wildman–Crippen MR) is 96.0 cm³/mol.